The number of anilines is 1. The molecule has 0 radical (unpaired) electrons. The van der Waals surface area contributed by atoms with Gasteiger partial charge in [-0.2, -0.15) is 4.37 Å². The smallest absolute Gasteiger partial charge is 0.343 e. The molecule has 1 aromatic carbocycles. The molecule has 0 aliphatic rings. The van der Waals surface area contributed by atoms with Crippen molar-refractivity contribution in [1.82, 2.24) is 15.0 Å². The fourth-order valence-corrected chi connectivity index (χ4v) is 2.82. The first-order valence-electron chi connectivity index (χ1n) is 7.90. The van der Waals surface area contributed by atoms with Crippen molar-refractivity contribution in [2.75, 3.05) is 12.4 Å². The summed E-state index contributed by atoms with van der Waals surface area (Å²) >= 11 is 1.13. The number of ether oxygens (including phenoxy) is 1. The highest BCUT2D eigenvalue weighted by Gasteiger charge is 2.25. The number of hydrogen-bond acceptors (Lipinski definition) is 7. The van der Waals surface area contributed by atoms with E-state index in [0.717, 1.165) is 17.1 Å². The molecule has 2 aromatic rings. The highest BCUT2D eigenvalue weighted by atomic mass is 32.1. The molecule has 3 N–H and O–H groups in total. The van der Waals surface area contributed by atoms with Gasteiger partial charge in [0.2, 0.25) is 0 Å². The summed E-state index contributed by atoms with van der Waals surface area (Å²) in [7, 11) is 1.66. The summed E-state index contributed by atoms with van der Waals surface area (Å²) in [4.78, 5) is 36.1. The normalized spacial score (nSPS) is 11.3. The van der Waals surface area contributed by atoms with Gasteiger partial charge in [0.15, 0.2) is 6.10 Å². The second-order valence-corrected chi connectivity index (χ2v) is 6.20. The van der Waals surface area contributed by atoms with Crippen LogP contribution in [-0.4, -0.2) is 35.4 Å². The van der Waals surface area contributed by atoms with Crippen molar-refractivity contribution in [3.05, 3.63) is 47.2 Å². The Bertz CT molecular complexity index is 791. The van der Waals surface area contributed by atoms with Crippen LogP contribution in [0.4, 0.5) is 9.80 Å². The van der Waals surface area contributed by atoms with Crippen LogP contribution in [0.25, 0.3) is 0 Å². The molecule has 0 fully saturated rings. The third-order valence-electron chi connectivity index (χ3n) is 3.48. The van der Waals surface area contributed by atoms with Crippen molar-refractivity contribution < 1.29 is 19.1 Å². The maximum Gasteiger partial charge on any atom is 0.343 e. The number of aromatic nitrogens is 1. The van der Waals surface area contributed by atoms with Gasteiger partial charge in [-0.25, -0.2) is 9.59 Å². The van der Waals surface area contributed by atoms with Crippen LogP contribution in [0.3, 0.4) is 0 Å². The molecule has 0 saturated heterocycles. The van der Waals surface area contributed by atoms with Gasteiger partial charge in [0.25, 0.3) is 5.91 Å². The highest BCUT2D eigenvalue weighted by molar-refractivity contribution is 7.10. The molecule has 0 aliphatic heterocycles. The predicted octanol–water partition coefficient (Wildman–Crippen LogP) is 2.06. The zero-order valence-electron chi connectivity index (χ0n) is 14.7. The standard InChI is InChI=1S/C17H20N4O4S/c1-10-13(15(18-3)26-21-10)16(23)25-11(2)14(22)20-17(24)19-9-12-7-5-4-6-8-12/h4-8,11,18H,9H2,1-3H3,(H2,19,20,22,24)/t11-/m0/s1. The van der Waals surface area contributed by atoms with E-state index >= 15 is 0 Å². The molecule has 1 atom stereocenters. The van der Waals surface area contributed by atoms with Crippen LogP contribution in [0.15, 0.2) is 30.3 Å². The summed E-state index contributed by atoms with van der Waals surface area (Å²) < 4.78 is 9.22. The van der Waals surface area contributed by atoms with Crippen molar-refractivity contribution in [3.63, 3.8) is 0 Å². The minimum Gasteiger partial charge on any atom is -0.449 e. The minimum absolute atomic E-state index is 0.277. The van der Waals surface area contributed by atoms with Crippen LogP contribution in [0.5, 0.6) is 0 Å². The maximum atomic E-state index is 12.2. The lowest BCUT2D eigenvalue weighted by atomic mass is 10.2. The number of imide groups is 1. The SMILES string of the molecule is CNc1snc(C)c1C(=O)O[C@@H](C)C(=O)NC(=O)NCc1ccccc1. The lowest BCUT2D eigenvalue weighted by Gasteiger charge is -2.13. The molecule has 2 rings (SSSR count). The highest BCUT2D eigenvalue weighted by Crippen LogP contribution is 2.24. The zero-order valence-corrected chi connectivity index (χ0v) is 15.5. The monoisotopic (exact) mass is 376 g/mol. The molecule has 0 saturated carbocycles. The first-order chi connectivity index (χ1) is 12.4. The second-order valence-electron chi connectivity index (χ2n) is 5.43. The largest absolute Gasteiger partial charge is 0.449 e. The Labute approximate surface area is 155 Å². The van der Waals surface area contributed by atoms with Crippen molar-refractivity contribution >= 4 is 34.4 Å². The van der Waals surface area contributed by atoms with Gasteiger partial charge in [-0.05, 0) is 30.9 Å². The van der Waals surface area contributed by atoms with E-state index in [9.17, 15) is 14.4 Å². The number of carbonyl (C=O) groups excluding carboxylic acids is 3. The van der Waals surface area contributed by atoms with Gasteiger partial charge < -0.3 is 15.4 Å². The summed E-state index contributed by atoms with van der Waals surface area (Å²) in [5.41, 5.74) is 1.69. The van der Waals surface area contributed by atoms with E-state index in [-0.39, 0.29) is 12.1 Å². The molecule has 1 heterocycles. The lowest BCUT2D eigenvalue weighted by Crippen LogP contribution is -2.44. The molecule has 138 valence electrons. The van der Waals surface area contributed by atoms with Gasteiger partial charge in [0.1, 0.15) is 10.6 Å². The summed E-state index contributed by atoms with van der Waals surface area (Å²) in [6.07, 6.45) is -1.13. The summed E-state index contributed by atoms with van der Waals surface area (Å²) in [5, 5.41) is 8.12. The molecule has 0 unspecified atom stereocenters. The zero-order chi connectivity index (χ0) is 19.1. The Kier molecular flexibility index (Phi) is 6.67. The number of aryl methyl sites for hydroxylation is 1. The first-order valence-corrected chi connectivity index (χ1v) is 8.67. The van der Waals surface area contributed by atoms with Gasteiger partial charge >= 0.3 is 12.0 Å². The molecule has 26 heavy (non-hydrogen) atoms. The number of benzene rings is 1. The lowest BCUT2D eigenvalue weighted by molar-refractivity contribution is -0.127. The Hall–Kier alpha value is -2.94. The molecular formula is C17H20N4O4S. The molecule has 9 heteroatoms. The van der Waals surface area contributed by atoms with Gasteiger partial charge in [-0.15, -0.1) is 0 Å². The van der Waals surface area contributed by atoms with Crippen molar-refractivity contribution in [2.24, 2.45) is 0 Å². The molecule has 0 spiro atoms. The van der Waals surface area contributed by atoms with E-state index in [2.05, 4.69) is 20.3 Å². The molecule has 0 aliphatic carbocycles. The Balaban J connectivity index is 1.85. The average molecular weight is 376 g/mol. The van der Waals surface area contributed by atoms with Gasteiger partial charge in [0, 0.05) is 13.6 Å². The second kappa shape index (κ2) is 8.95. The van der Waals surface area contributed by atoms with E-state index in [1.165, 1.54) is 6.92 Å². The molecule has 3 amide bonds. The topological polar surface area (TPSA) is 109 Å². The summed E-state index contributed by atoms with van der Waals surface area (Å²) in [5.74, 6) is -1.39. The van der Waals surface area contributed by atoms with Crippen LogP contribution in [-0.2, 0) is 16.1 Å². The van der Waals surface area contributed by atoms with Gasteiger partial charge in [-0.3, -0.25) is 10.1 Å². The van der Waals surface area contributed by atoms with E-state index in [1.54, 1.807) is 14.0 Å². The number of urea groups is 1. The molecule has 0 bridgehead atoms. The minimum atomic E-state index is -1.13. The third kappa shape index (κ3) is 5.03. The molecule has 1 aromatic heterocycles. The number of rotatable bonds is 6. The van der Waals surface area contributed by atoms with E-state index < -0.39 is 24.0 Å². The van der Waals surface area contributed by atoms with Crippen molar-refractivity contribution in [1.29, 1.82) is 0 Å². The van der Waals surface area contributed by atoms with Crippen molar-refractivity contribution in [2.45, 2.75) is 26.5 Å². The van der Waals surface area contributed by atoms with Crippen LogP contribution >= 0.6 is 11.5 Å². The molecule has 8 nitrogen and oxygen atoms in total. The van der Waals surface area contributed by atoms with E-state index in [1.807, 2.05) is 30.3 Å². The molecular weight excluding hydrogens is 356 g/mol. The van der Waals surface area contributed by atoms with Crippen LogP contribution in [0, 0.1) is 6.92 Å². The van der Waals surface area contributed by atoms with Gasteiger partial charge in [0.05, 0.1) is 5.69 Å². The average Bonchev–Trinajstić information content (AvgIpc) is 3.01. The Morgan fingerprint density at radius 3 is 2.58 bits per heavy atom. The van der Waals surface area contributed by atoms with Crippen molar-refractivity contribution in [3.8, 4) is 0 Å². The summed E-state index contributed by atoms with van der Waals surface area (Å²) in [6, 6.07) is 8.61. The maximum absolute atomic E-state index is 12.2. The third-order valence-corrected chi connectivity index (χ3v) is 4.44. The Morgan fingerprint density at radius 1 is 1.23 bits per heavy atom. The summed E-state index contributed by atoms with van der Waals surface area (Å²) in [6.45, 7) is 3.35. The fraction of sp³-hybridized carbons (Fsp3) is 0.294. The Morgan fingerprint density at radius 2 is 1.92 bits per heavy atom. The van der Waals surface area contributed by atoms with E-state index in [4.69, 9.17) is 4.74 Å². The fourth-order valence-electron chi connectivity index (χ4n) is 2.09. The number of amides is 3. The number of nitrogens with one attached hydrogen (secondary N) is 3. The number of nitrogens with zero attached hydrogens (tertiary/aromatic N) is 1. The van der Waals surface area contributed by atoms with Gasteiger partial charge in [-0.1, -0.05) is 30.3 Å². The van der Waals surface area contributed by atoms with Crippen LogP contribution in [0.2, 0.25) is 0 Å². The number of hydrogen-bond donors (Lipinski definition) is 3. The number of carbonyl (C=O) groups is 3. The first kappa shape index (κ1) is 19.4. The quantitative estimate of drug-likeness (QED) is 0.666. The van der Waals surface area contributed by atoms with E-state index in [0.29, 0.717) is 10.7 Å². The van der Waals surface area contributed by atoms with Crippen LogP contribution < -0.4 is 16.0 Å². The van der Waals surface area contributed by atoms with Crippen LogP contribution in [0.1, 0.15) is 28.5 Å². The predicted molar refractivity (Wildman–Crippen MR) is 98.1 cm³/mol. The number of esters is 1.